The van der Waals surface area contributed by atoms with Crippen LogP contribution in [0.1, 0.15) is 12.1 Å². The third-order valence-electron chi connectivity index (χ3n) is 2.95. The normalized spacial score (nSPS) is 10.6. The Bertz CT molecular complexity index is 658. The summed E-state index contributed by atoms with van der Waals surface area (Å²) in [5, 5.41) is 11.3. The lowest BCUT2D eigenvalue weighted by molar-refractivity contribution is -0.385. The van der Waals surface area contributed by atoms with Crippen LogP contribution >= 0.6 is 23.2 Å². The van der Waals surface area contributed by atoms with Crippen molar-refractivity contribution < 1.29 is 9.66 Å². The third kappa shape index (κ3) is 3.86. The maximum atomic E-state index is 11.0. The number of rotatable bonds is 6. The highest BCUT2D eigenvalue weighted by atomic mass is 35.5. The summed E-state index contributed by atoms with van der Waals surface area (Å²) in [6.45, 7) is 0.337. The Balaban J connectivity index is 1.98. The molecule has 8 heteroatoms. The van der Waals surface area contributed by atoms with Gasteiger partial charge in [0.25, 0.3) is 0 Å². The van der Waals surface area contributed by atoms with E-state index in [1.165, 1.54) is 12.1 Å². The second-order valence-corrected chi connectivity index (χ2v) is 5.25. The average Bonchev–Trinajstić information content (AvgIpc) is 2.83. The zero-order valence-electron chi connectivity index (χ0n) is 11.3. The fourth-order valence-corrected chi connectivity index (χ4v) is 2.15. The summed E-state index contributed by atoms with van der Waals surface area (Å²) in [6.07, 6.45) is 4.98. The maximum absolute atomic E-state index is 11.0. The smallest absolute Gasteiger partial charge is 0.312 e. The predicted molar refractivity (Wildman–Crippen MR) is 80.1 cm³/mol. The van der Waals surface area contributed by atoms with Gasteiger partial charge in [-0.05, 0) is 12.8 Å². The van der Waals surface area contributed by atoms with E-state index in [-0.39, 0.29) is 21.5 Å². The molecule has 0 amide bonds. The van der Waals surface area contributed by atoms with Crippen molar-refractivity contribution in [1.82, 2.24) is 9.55 Å². The summed E-state index contributed by atoms with van der Waals surface area (Å²) < 4.78 is 7.38. The topological polar surface area (TPSA) is 70.2 Å². The number of nitrogens with zero attached hydrogens (tertiary/aromatic N) is 3. The van der Waals surface area contributed by atoms with Crippen molar-refractivity contribution in [2.24, 2.45) is 7.05 Å². The van der Waals surface area contributed by atoms with Gasteiger partial charge in [0, 0.05) is 31.1 Å². The molecule has 1 aromatic carbocycles. The van der Waals surface area contributed by atoms with Crippen LogP contribution in [0.2, 0.25) is 10.0 Å². The van der Waals surface area contributed by atoms with Crippen molar-refractivity contribution in [3.63, 3.8) is 0 Å². The Labute approximate surface area is 131 Å². The molecule has 0 unspecified atom stereocenters. The largest absolute Gasteiger partial charge is 0.487 e. The van der Waals surface area contributed by atoms with E-state index in [9.17, 15) is 10.1 Å². The predicted octanol–water partition coefficient (Wildman–Crippen LogP) is 3.65. The molecule has 6 nitrogen and oxygen atoms in total. The first-order valence-electron chi connectivity index (χ1n) is 6.20. The van der Waals surface area contributed by atoms with Crippen LogP contribution in [0.4, 0.5) is 5.69 Å². The van der Waals surface area contributed by atoms with E-state index in [0.717, 1.165) is 12.1 Å². The summed E-state index contributed by atoms with van der Waals surface area (Å²) in [4.78, 5) is 14.4. The summed E-state index contributed by atoms with van der Waals surface area (Å²) in [7, 11) is 1.91. The van der Waals surface area contributed by atoms with Gasteiger partial charge in [-0.15, -0.1) is 0 Å². The minimum absolute atomic E-state index is 0.124. The van der Waals surface area contributed by atoms with Gasteiger partial charge in [0.2, 0.25) is 0 Å². The molecule has 0 radical (unpaired) electrons. The molecule has 0 fully saturated rings. The number of nitro groups is 1. The number of benzene rings is 1. The van der Waals surface area contributed by atoms with Gasteiger partial charge in [0.1, 0.15) is 0 Å². The molecule has 0 saturated heterocycles. The molecule has 1 aromatic heterocycles. The van der Waals surface area contributed by atoms with Crippen molar-refractivity contribution in [1.29, 1.82) is 0 Å². The molecule has 1 heterocycles. The Hall–Kier alpha value is -1.79. The SMILES string of the molecule is Cn1cncc1CCCOc1cc(Cl)c(Cl)cc1[N+](=O)[O-]. The maximum Gasteiger partial charge on any atom is 0.312 e. The molecular weight excluding hydrogens is 317 g/mol. The monoisotopic (exact) mass is 329 g/mol. The van der Waals surface area contributed by atoms with E-state index in [4.69, 9.17) is 27.9 Å². The van der Waals surface area contributed by atoms with E-state index in [2.05, 4.69) is 4.98 Å². The standard InChI is InChI=1S/C13H13Cl2N3O3/c1-17-8-16-7-9(17)3-2-4-21-13-6-11(15)10(14)5-12(13)18(19)20/h5-8H,2-4H2,1H3. The molecule has 0 atom stereocenters. The lowest BCUT2D eigenvalue weighted by atomic mass is 10.2. The summed E-state index contributed by atoms with van der Waals surface area (Å²) in [6, 6.07) is 2.56. The molecule has 0 aliphatic carbocycles. The molecule has 0 aliphatic heterocycles. The van der Waals surface area contributed by atoms with E-state index in [1.54, 1.807) is 12.5 Å². The molecule has 0 aliphatic rings. The lowest BCUT2D eigenvalue weighted by Gasteiger charge is -2.08. The highest BCUT2D eigenvalue weighted by Crippen LogP contribution is 2.35. The van der Waals surface area contributed by atoms with Gasteiger partial charge < -0.3 is 9.30 Å². The van der Waals surface area contributed by atoms with Crippen molar-refractivity contribution in [2.75, 3.05) is 6.61 Å². The van der Waals surface area contributed by atoms with Crippen LogP contribution in [0, 0.1) is 10.1 Å². The van der Waals surface area contributed by atoms with Crippen molar-refractivity contribution in [2.45, 2.75) is 12.8 Å². The molecule has 0 N–H and O–H groups in total. The van der Waals surface area contributed by atoms with Gasteiger partial charge in [0.15, 0.2) is 5.75 Å². The number of aryl methyl sites for hydroxylation is 2. The quantitative estimate of drug-likeness (QED) is 0.460. The second-order valence-electron chi connectivity index (χ2n) is 4.44. The first-order chi connectivity index (χ1) is 9.99. The number of nitro benzene ring substituents is 1. The van der Waals surface area contributed by atoms with Gasteiger partial charge in [-0.2, -0.15) is 0 Å². The number of halogens is 2. The molecule has 112 valence electrons. The third-order valence-corrected chi connectivity index (χ3v) is 3.67. The lowest BCUT2D eigenvalue weighted by Crippen LogP contribution is -2.04. The van der Waals surface area contributed by atoms with Crippen LogP contribution in [-0.2, 0) is 13.5 Å². The van der Waals surface area contributed by atoms with E-state index in [1.807, 2.05) is 11.6 Å². The summed E-state index contributed by atoms with van der Waals surface area (Å²) in [5.41, 5.74) is 0.882. The van der Waals surface area contributed by atoms with E-state index in [0.29, 0.717) is 13.0 Å². The second kappa shape index (κ2) is 6.78. The van der Waals surface area contributed by atoms with Crippen LogP contribution in [0.3, 0.4) is 0 Å². The number of ether oxygens (including phenoxy) is 1. The molecule has 0 spiro atoms. The summed E-state index contributed by atoms with van der Waals surface area (Å²) >= 11 is 11.6. The molecular formula is C13H13Cl2N3O3. The Morgan fingerprint density at radius 3 is 2.71 bits per heavy atom. The molecule has 2 aromatic rings. The first kappa shape index (κ1) is 15.6. The minimum Gasteiger partial charge on any atom is -0.487 e. The Morgan fingerprint density at radius 2 is 2.10 bits per heavy atom. The Kier molecular flexibility index (Phi) is 5.03. The number of hydrogen-bond acceptors (Lipinski definition) is 4. The zero-order valence-corrected chi connectivity index (χ0v) is 12.8. The van der Waals surface area contributed by atoms with Gasteiger partial charge in [0.05, 0.1) is 27.9 Å². The first-order valence-corrected chi connectivity index (χ1v) is 6.96. The van der Waals surface area contributed by atoms with Gasteiger partial charge >= 0.3 is 5.69 Å². The van der Waals surface area contributed by atoms with Crippen LogP contribution in [0.25, 0.3) is 0 Å². The number of hydrogen-bond donors (Lipinski definition) is 0. The molecule has 21 heavy (non-hydrogen) atoms. The fraction of sp³-hybridized carbons (Fsp3) is 0.308. The van der Waals surface area contributed by atoms with Crippen LogP contribution in [0.5, 0.6) is 5.75 Å². The van der Waals surface area contributed by atoms with Crippen molar-refractivity contribution in [3.05, 3.63) is 50.5 Å². The number of aromatic nitrogens is 2. The van der Waals surface area contributed by atoms with Crippen molar-refractivity contribution >= 4 is 28.9 Å². The van der Waals surface area contributed by atoms with Crippen LogP contribution in [-0.4, -0.2) is 21.1 Å². The molecule has 0 saturated carbocycles. The van der Waals surface area contributed by atoms with Crippen LogP contribution < -0.4 is 4.74 Å². The van der Waals surface area contributed by atoms with E-state index < -0.39 is 4.92 Å². The highest BCUT2D eigenvalue weighted by molar-refractivity contribution is 6.42. The van der Waals surface area contributed by atoms with Crippen LogP contribution in [0.15, 0.2) is 24.7 Å². The molecule has 0 bridgehead atoms. The summed E-state index contributed by atoms with van der Waals surface area (Å²) in [5.74, 6) is 0.124. The average molecular weight is 330 g/mol. The minimum atomic E-state index is -0.543. The fourth-order valence-electron chi connectivity index (χ4n) is 1.84. The van der Waals surface area contributed by atoms with Crippen molar-refractivity contribution in [3.8, 4) is 5.75 Å². The number of imidazole rings is 1. The van der Waals surface area contributed by atoms with Gasteiger partial charge in [-0.25, -0.2) is 4.98 Å². The van der Waals surface area contributed by atoms with E-state index >= 15 is 0 Å². The van der Waals surface area contributed by atoms with Gasteiger partial charge in [-0.1, -0.05) is 23.2 Å². The molecule has 2 rings (SSSR count). The Morgan fingerprint density at radius 1 is 1.38 bits per heavy atom. The highest BCUT2D eigenvalue weighted by Gasteiger charge is 2.18. The van der Waals surface area contributed by atoms with Gasteiger partial charge in [-0.3, -0.25) is 10.1 Å². The zero-order chi connectivity index (χ0) is 15.4.